The van der Waals surface area contributed by atoms with Crippen molar-refractivity contribution in [3.8, 4) is 0 Å². The lowest BCUT2D eigenvalue weighted by atomic mass is 10.2. The Bertz CT molecular complexity index is 206. The molecule has 0 aromatic rings. The summed E-state index contributed by atoms with van der Waals surface area (Å²) in [5.41, 5.74) is 0. The second-order valence-corrected chi connectivity index (χ2v) is 3.77. The van der Waals surface area contributed by atoms with Gasteiger partial charge in [-0.15, -0.1) is 23.2 Å². The zero-order chi connectivity index (χ0) is 11.6. The molecule has 0 radical (unpaired) electrons. The molecule has 0 fully saturated rings. The maximum Gasteiger partial charge on any atom is 0.409 e. The molecule has 0 rings (SSSR count). The SMILES string of the molecule is FC(F)(F)/C=C/C(Cl)C(Cl)C(F)(F)Cl. The van der Waals surface area contributed by atoms with Crippen LogP contribution in [0.15, 0.2) is 12.2 Å². The molecule has 0 aliphatic carbocycles. The highest BCUT2D eigenvalue weighted by atomic mass is 35.5. The van der Waals surface area contributed by atoms with Gasteiger partial charge in [0.05, 0.1) is 5.38 Å². The Morgan fingerprint density at radius 3 is 1.71 bits per heavy atom. The summed E-state index contributed by atoms with van der Waals surface area (Å²) in [4.78, 5) is 0. The summed E-state index contributed by atoms with van der Waals surface area (Å²) in [6, 6.07) is 0. The highest BCUT2D eigenvalue weighted by molar-refractivity contribution is 6.36. The molecule has 8 heteroatoms. The summed E-state index contributed by atoms with van der Waals surface area (Å²) in [7, 11) is 0. The van der Waals surface area contributed by atoms with Gasteiger partial charge in [-0.2, -0.15) is 22.0 Å². The molecule has 0 nitrogen and oxygen atoms in total. The molecule has 0 amide bonds. The molecule has 0 aromatic carbocycles. The summed E-state index contributed by atoms with van der Waals surface area (Å²) in [6.45, 7) is 0. The van der Waals surface area contributed by atoms with E-state index < -0.39 is 22.3 Å². The molecule has 0 aliphatic rings. The maximum atomic E-state index is 12.2. The van der Waals surface area contributed by atoms with Crippen molar-refractivity contribution in [3.63, 3.8) is 0 Å². The number of hydrogen-bond donors (Lipinski definition) is 0. The van der Waals surface area contributed by atoms with Gasteiger partial charge >= 0.3 is 11.6 Å². The molecule has 14 heavy (non-hydrogen) atoms. The van der Waals surface area contributed by atoms with Gasteiger partial charge in [-0.1, -0.05) is 6.08 Å². The topological polar surface area (TPSA) is 0 Å². The molecular weight excluding hydrogens is 273 g/mol. The largest absolute Gasteiger partial charge is 0.409 e. The van der Waals surface area contributed by atoms with Crippen LogP contribution in [0.5, 0.6) is 0 Å². The van der Waals surface area contributed by atoms with Gasteiger partial charge in [-0.3, -0.25) is 0 Å². The van der Waals surface area contributed by atoms with Crippen LogP contribution in [0.4, 0.5) is 22.0 Å². The van der Waals surface area contributed by atoms with E-state index in [0.717, 1.165) is 0 Å². The Kier molecular flexibility index (Phi) is 4.95. The molecule has 0 heterocycles. The van der Waals surface area contributed by atoms with E-state index in [1.807, 2.05) is 0 Å². The normalized spacial score (nSPS) is 18.6. The molecule has 0 saturated carbocycles. The fourth-order valence-corrected chi connectivity index (χ4v) is 0.994. The smallest absolute Gasteiger partial charge is 0.186 e. The van der Waals surface area contributed by atoms with Crippen LogP contribution in [0.25, 0.3) is 0 Å². The van der Waals surface area contributed by atoms with Crippen LogP contribution in [0, 0.1) is 0 Å². The first-order valence-corrected chi connectivity index (χ1v) is 4.40. The average Bonchev–Trinajstić information content (AvgIpc) is 1.95. The third-order valence-corrected chi connectivity index (χ3v) is 2.48. The summed E-state index contributed by atoms with van der Waals surface area (Å²) >= 11 is 14.6. The third-order valence-electron chi connectivity index (χ3n) is 1.06. The molecular formula is C6H4Cl3F5. The first-order valence-electron chi connectivity index (χ1n) is 3.15. The van der Waals surface area contributed by atoms with Crippen molar-refractivity contribution in [2.75, 3.05) is 0 Å². The number of rotatable bonds is 3. The molecule has 0 bridgehead atoms. The van der Waals surface area contributed by atoms with Crippen molar-refractivity contribution in [3.05, 3.63) is 12.2 Å². The van der Waals surface area contributed by atoms with Gasteiger partial charge in [0.25, 0.3) is 0 Å². The number of alkyl halides is 8. The Hall–Kier alpha value is 0.260. The first-order chi connectivity index (χ1) is 6.04. The standard InChI is InChI=1S/C6H4Cl3F5/c7-3(1-2-5(10,11)12)4(8)6(9,13)14/h1-4H/b2-1+. The summed E-state index contributed by atoms with van der Waals surface area (Å²) in [5, 5.41) is -7.67. The number of hydrogen-bond acceptors (Lipinski definition) is 0. The van der Waals surface area contributed by atoms with E-state index >= 15 is 0 Å². The minimum Gasteiger partial charge on any atom is -0.186 e. The van der Waals surface area contributed by atoms with E-state index in [1.54, 1.807) is 0 Å². The van der Waals surface area contributed by atoms with E-state index in [9.17, 15) is 22.0 Å². The van der Waals surface area contributed by atoms with E-state index in [0.29, 0.717) is 6.08 Å². The molecule has 84 valence electrons. The van der Waals surface area contributed by atoms with Crippen molar-refractivity contribution in [1.29, 1.82) is 0 Å². The van der Waals surface area contributed by atoms with E-state index in [4.69, 9.17) is 23.2 Å². The van der Waals surface area contributed by atoms with Crippen molar-refractivity contribution in [2.24, 2.45) is 0 Å². The fourth-order valence-electron chi connectivity index (χ4n) is 0.479. The molecule has 2 unspecified atom stereocenters. The average molecular weight is 277 g/mol. The summed E-state index contributed by atoms with van der Waals surface area (Å²) in [5.74, 6) is 0. The molecule has 0 saturated heterocycles. The Balaban J connectivity index is 4.36. The predicted octanol–water partition coefficient (Wildman–Crippen LogP) is 4.15. The Labute approximate surface area is 91.6 Å². The molecule has 0 aromatic heterocycles. The first kappa shape index (κ1) is 14.3. The maximum absolute atomic E-state index is 12.2. The van der Waals surface area contributed by atoms with Crippen LogP contribution in [0.1, 0.15) is 0 Å². The van der Waals surface area contributed by atoms with Crippen LogP contribution in [0.3, 0.4) is 0 Å². The number of halogens is 8. The van der Waals surface area contributed by atoms with Gasteiger partial charge in [0.1, 0.15) is 5.38 Å². The highest BCUT2D eigenvalue weighted by Crippen LogP contribution is 2.33. The van der Waals surface area contributed by atoms with E-state index in [1.165, 1.54) is 0 Å². The molecule has 0 aliphatic heterocycles. The van der Waals surface area contributed by atoms with Gasteiger partial charge in [0.2, 0.25) is 0 Å². The van der Waals surface area contributed by atoms with Gasteiger partial charge in [-0.05, 0) is 11.6 Å². The minimum absolute atomic E-state index is 0.275. The van der Waals surface area contributed by atoms with Crippen molar-refractivity contribution >= 4 is 34.8 Å². The minimum atomic E-state index is -4.62. The third kappa shape index (κ3) is 5.88. The zero-order valence-electron chi connectivity index (χ0n) is 6.33. The van der Waals surface area contributed by atoms with Gasteiger partial charge in [0.15, 0.2) is 0 Å². The van der Waals surface area contributed by atoms with Crippen molar-refractivity contribution < 1.29 is 22.0 Å². The highest BCUT2D eigenvalue weighted by Gasteiger charge is 2.40. The van der Waals surface area contributed by atoms with Gasteiger partial charge < -0.3 is 0 Å². The van der Waals surface area contributed by atoms with Crippen LogP contribution in [-0.2, 0) is 0 Å². The van der Waals surface area contributed by atoms with Gasteiger partial charge in [-0.25, -0.2) is 0 Å². The lowest BCUT2D eigenvalue weighted by molar-refractivity contribution is -0.0801. The molecule has 2 atom stereocenters. The molecule has 0 N–H and O–H groups in total. The number of allylic oxidation sites excluding steroid dienone is 2. The summed E-state index contributed by atoms with van der Waals surface area (Å²) in [6.07, 6.45) is -4.58. The summed E-state index contributed by atoms with van der Waals surface area (Å²) < 4.78 is 59.1. The van der Waals surface area contributed by atoms with Crippen molar-refractivity contribution in [1.82, 2.24) is 0 Å². The Morgan fingerprint density at radius 2 is 1.43 bits per heavy atom. The monoisotopic (exact) mass is 276 g/mol. The van der Waals surface area contributed by atoms with Gasteiger partial charge in [0, 0.05) is 6.08 Å². The van der Waals surface area contributed by atoms with Crippen LogP contribution in [0.2, 0.25) is 0 Å². The van der Waals surface area contributed by atoms with Crippen LogP contribution in [-0.4, -0.2) is 22.3 Å². The van der Waals surface area contributed by atoms with Crippen LogP contribution >= 0.6 is 34.8 Å². The second-order valence-electron chi connectivity index (χ2n) is 2.29. The lowest BCUT2D eigenvalue weighted by Gasteiger charge is -2.17. The van der Waals surface area contributed by atoms with E-state index in [-0.39, 0.29) is 6.08 Å². The predicted molar refractivity (Wildman–Crippen MR) is 45.3 cm³/mol. The van der Waals surface area contributed by atoms with Crippen molar-refractivity contribution in [2.45, 2.75) is 22.3 Å². The second kappa shape index (κ2) is 4.86. The van der Waals surface area contributed by atoms with E-state index in [2.05, 4.69) is 11.6 Å². The fraction of sp³-hybridized carbons (Fsp3) is 0.667. The molecule has 0 spiro atoms. The lowest BCUT2D eigenvalue weighted by Crippen LogP contribution is -2.30. The zero-order valence-corrected chi connectivity index (χ0v) is 8.60. The van der Waals surface area contributed by atoms with Crippen LogP contribution < -0.4 is 0 Å². The quantitative estimate of drug-likeness (QED) is 0.413. The Morgan fingerprint density at radius 1 is 1.00 bits per heavy atom.